The van der Waals surface area contributed by atoms with Crippen LogP contribution in [0.25, 0.3) is 0 Å². The predicted octanol–water partition coefficient (Wildman–Crippen LogP) is 2.30. The molecule has 0 saturated heterocycles. The smallest absolute Gasteiger partial charge is 0.461 e. The molecule has 0 aliphatic rings. The van der Waals surface area contributed by atoms with Crippen molar-refractivity contribution in [1.29, 1.82) is 0 Å². The average Bonchev–Trinajstić information content (AvgIpc) is 2.19. The maximum absolute atomic E-state index is 13.1. The first kappa shape index (κ1) is 13.2. The van der Waals surface area contributed by atoms with E-state index in [-0.39, 0.29) is 6.61 Å². The molecule has 0 N–H and O–H groups in total. The number of carbonyl (C=O) groups excluding carboxylic acids is 1. The normalized spacial score (nSPS) is 11.1. The third-order valence-electron chi connectivity index (χ3n) is 1.51. The van der Waals surface area contributed by atoms with Crippen LogP contribution in [0.3, 0.4) is 0 Å². The molecule has 1 aromatic rings. The highest BCUT2D eigenvalue weighted by molar-refractivity contribution is 5.87. The van der Waals surface area contributed by atoms with Gasteiger partial charge in [-0.1, -0.05) is 0 Å². The summed E-state index contributed by atoms with van der Waals surface area (Å²) in [6, 6.07) is 1.30. The number of esters is 1. The van der Waals surface area contributed by atoms with Gasteiger partial charge in [0.1, 0.15) is 0 Å². The number of alkyl halides is 3. The third-order valence-corrected chi connectivity index (χ3v) is 1.51. The Kier molecular flexibility index (Phi) is 3.87. The Morgan fingerprint density at radius 2 is 2.06 bits per heavy atom. The Hall–Kier alpha value is -1.86. The van der Waals surface area contributed by atoms with E-state index in [4.69, 9.17) is 0 Å². The van der Waals surface area contributed by atoms with E-state index in [9.17, 15) is 22.4 Å². The van der Waals surface area contributed by atoms with Crippen molar-refractivity contribution in [3.8, 4) is 5.88 Å². The summed E-state index contributed by atoms with van der Waals surface area (Å²) in [6.45, 7) is 1.41. The molecule has 0 saturated carbocycles. The lowest BCUT2D eigenvalue weighted by Gasteiger charge is -2.09. The van der Waals surface area contributed by atoms with Crippen LogP contribution in [-0.4, -0.2) is 23.9 Å². The molecule has 94 valence electrons. The Morgan fingerprint density at radius 1 is 1.41 bits per heavy atom. The van der Waals surface area contributed by atoms with E-state index in [2.05, 4.69) is 14.5 Å². The van der Waals surface area contributed by atoms with Crippen LogP contribution in [0, 0.1) is 5.82 Å². The summed E-state index contributed by atoms with van der Waals surface area (Å²) in [5.41, 5.74) is -0.853. The molecule has 0 aliphatic carbocycles. The van der Waals surface area contributed by atoms with Crippen LogP contribution in [0.4, 0.5) is 17.6 Å². The number of carbonyl (C=O) groups is 1. The minimum atomic E-state index is -4.96. The molecule has 0 bridgehead atoms. The second-order valence-corrected chi connectivity index (χ2v) is 2.75. The topological polar surface area (TPSA) is 48.4 Å². The van der Waals surface area contributed by atoms with Gasteiger partial charge in [0, 0.05) is 6.07 Å². The van der Waals surface area contributed by atoms with Crippen LogP contribution in [0.2, 0.25) is 0 Å². The monoisotopic (exact) mass is 253 g/mol. The van der Waals surface area contributed by atoms with Gasteiger partial charge in [0.25, 0.3) is 0 Å². The summed E-state index contributed by atoms with van der Waals surface area (Å²) in [5.74, 6) is -3.17. The summed E-state index contributed by atoms with van der Waals surface area (Å²) in [4.78, 5) is 14.2. The molecule has 0 spiro atoms. The number of nitrogens with zero attached hydrogens (tertiary/aromatic N) is 1. The molecule has 0 amide bonds. The van der Waals surface area contributed by atoms with Crippen molar-refractivity contribution >= 4 is 5.97 Å². The Morgan fingerprint density at radius 3 is 2.59 bits per heavy atom. The number of ether oxygens (including phenoxy) is 2. The summed E-state index contributed by atoms with van der Waals surface area (Å²) in [6.07, 6.45) is -4.96. The molecule has 0 fully saturated rings. The van der Waals surface area contributed by atoms with E-state index in [0.717, 1.165) is 0 Å². The minimum absolute atomic E-state index is 0.0513. The van der Waals surface area contributed by atoms with E-state index in [1.807, 2.05) is 0 Å². The van der Waals surface area contributed by atoms with Gasteiger partial charge in [0.2, 0.25) is 5.88 Å². The highest BCUT2D eigenvalue weighted by Crippen LogP contribution is 2.21. The van der Waals surface area contributed by atoms with Crippen LogP contribution in [0.5, 0.6) is 5.88 Å². The molecule has 0 radical (unpaired) electrons. The summed E-state index contributed by atoms with van der Waals surface area (Å²) in [7, 11) is 0. The van der Waals surface area contributed by atoms with Crippen LogP contribution in [-0.2, 0) is 4.74 Å². The van der Waals surface area contributed by atoms with Gasteiger partial charge in [-0.15, -0.1) is 13.2 Å². The molecule has 17 heavy (non-hydrogen) atoms. The SMILES string of the molecule is CCOC(=O)c1nc(OC(F)(F)F)ccc1F. The van der Waals surface area contributed by atoms with Crippen LogP contribution < -0.4 is 4.74 Å². The van der Waals surface area contributed by atoms with Gasteiger partial charge in [-0.05, 0) is 13.0 Å². The molecule has 4 nitrogen and oxygen atoms in total. The Labute approximate surface area is 93.2 Å². The second-order valence-electron chi connectivity index (χ2n) is 2.75. The molecule has 0 aromatic carbocycles. The minimum Gasteiger partial charge on any atom is -0.461 e. The van der Waals surface area contributed by atoms with Gasteiger partial charge in [-0.25, -0.2) is 14.2 Å². The van der Waals surface area contributed by atoms with Gasteiger partial charge in [0.15, 0.2) is 11.5 Å². The van der Waals surface area contributed by atoms with Crippen LogP contribution >= 0.6 is 0 Å². The molecule has 0 aliphatic heterocycles. The summed E-state index contributed by atoms with van der Waals surface area (Å²) < 4.78 is 56.5. The van der Waals surface area contributed by atoms with Crippen molar-refractivity contribution in [2.75, 3.05) is 6.61 Å². The zero-order valence-corrected chi connectivity index (χ0v) is 8.55. The number of pyridine rings is 1. The van der Waals surface area contributed by atoms with Gasteiger partial charge in [0.05, 0.1) is 6.61 Å². The first-order valence-electron chi connectivity index (χ1n) is 4.43. The number of hydrogen-bond acceptors (Lipinski definition) is 4. The lowest BCUT2D eigenvalue weighted by molar-refractivity contribution is -0.276. The highest BCUT2D eigenvalue weighted by atomic mass is 19.4. The van der Waals surface area contributed by atoms with Crippen molar-refractivity contribution in [2.24, 2.45) is 0 Å². The Bertz CT molecular complexity index is 419. The van der Waals surface area contributed by atoms with Gasteiger partial charge in [-0.3, -0.25) is 0 Å². The number of aromatic nitrogens is 1. The van der Waals surface area contributed by atoms with Crippen molar-refractivity contribution in [3.05, 3.63) is 23.6 Å². The van der Waals surface area contributed by atoms with Crippen LogP contribution in [0.1, 0.15) is 17.4 Å². The maximum Gasteiger partial charge on any atom is 0.574 e. The zero-order chi connectivity index (χ0) is 13.1. The molecule has 8 heteroatoms. The predicted molar refractivity (Wildman–Crippen MR) is 46.8 cm³/mol. The largest absolute Gasteiger partial charge is 0.574 e. The molecular weight excluding hydrogens is 246 g/mol. The first-order valence-corrected chi connectivity index (χ1v) is 4.43. The standard InChI is InChI=1S/C9H7F4NO3/c1-2-16-8(15)7-5(10)3-4-6(14-7)17-9(11,12)13/h3-4H,2H2,1H3. The van der Waals surface area contributed by atoms with Gasteiger partial charge in [-0.2, -0.15) is 0 Å². The Balaban J connectivity index is 2.98. The summed E-state index contributed by atoms with van der Waals surface area (Å²) in [5, 5.41) is 0. The fourth-order valence-corrected chi connectivity index (χ4v) is 0.942. The first-order chi connectivity index (χ1) is 7.83. The van der Waals surface area contributed by atoms with E-state index in [0.29, 0.717) is 12.1 Å². The molecule has 1 aromatic heterocycles. The second kappa shape index (κ2) is 4.98. The highest BCUT2D eigenvalue weighted by Gasteiger charge is 2.32. The number of halogens is 4. The fourth-order valence-electron chi connectivity index (χ4n) is 0.942. The van der Waals surface area contributed by atoms with E-state index >= 15 is 0 Å². The van der Waals surface area contributed by atoms with E-state index in [1.54, 1.807) is 0 Å². The molecule has 1 rings (SSSR count). The van der Waals surface area contributed by atoms with Crippen LogP contribution in [0.15, 0.2) is 12.1 Å². The van der Waals surface area contributed by atoms with E-state index < -0.39 is 29.7 Å². The average molecular weight is 253 g/mol. The molecular formula is C9H7F4NO3. The van der Waals surface area contributed by atoms with E-state index in [1.165, 1.54) is 6.92 Å². The van der Waals surface area contributed by atoms with Crippen molar-refractivity contribution in [1.82, 2.24) is 4.98 Å². The number of hydrogen-bond donors (Lipinski definition) is 0. The van der Waals surface area contributed by atoms with Crippen molar-refractivity contribution < 1.29 is 31.8 Å². The maximum atomic E-state index is 13.1. The van der Waals surface area contributed by atoms with Crippen molar-refractivity contribution in [3.63, 3.8) is 0 Å². The van der Waals surface area contributed by atoms with Crippen molar-refractivity contribution in [2.45, 2.75) is 13.3 Å². The fraction of sp³-hybridized carbons (Fsp3) is 0.333. The quantitative estimate of drug-likeness (QED) is 0.612. The number of rotatable bonds is 3. The lowest BCUT2D eigenvalue weighted by Crippen LogP contribution is -2.19. The molecule has 1 heterocycles. The zero-order valence-electron chi connectivity index (χ0n) is 8.55. The third kappa shape index (κ3) is 3.89. The van der Waals surface area contributed by atoms with Gasteiger partial charge < -0.3 is 9.47 Å². The van der Waals surface area contributed by atoms with Gasteiger partial charge >= 0.3 is 12.3 Å². The molecule has 0 unspecified atom stereocenters. The lowest BCUT2D eigenvalue weighted by atomic mass is 10.3. The molecule has 0 atom stereocenters. The summed E-state index contributed by atoms with van der Waals surface area (Å²) >= 11 is 0.